The smallest absolute Gasteiger partial charge is 0.418 e. The molecule has 0 aromatic heterocycles. The van der Waals surface area contributed by atoms with E-state index in [4.69, 9.17) is 51.6 Å². The van der Waals surface area contributed by atoms with Crippen molar-refractivity contribution in [3.8, 4) is 34.1 Å². The molecule has 0 heterocycles. The van der Waals surface area contributed by atoms with E-state index in [1.54, 1.807) is 62.4 Å². The van der Waals surface area contributed by atoms with E-state index in [-0.39, 0.29) is 37.4 Å². The number of ether oxygens (including phenoxy) is 6. The Morgan fingerprint density at radius 1 is 0.500 bits per heavy atom. The first-order valence-electron chi connectivity index (χ1n) is 14.9. The molecule has 0 fully saturated rings. The predicted octanol–water partition coefficient (Wildman–Crippen LogP) is 8.74. The summed E-state index contributed by atoms with van der Waals surface area (Å²) in [5.41, 5.74) is 1.78. The van der Waals surface area contributed by atoms with E-state index in [1.165, 1.54) is 0 Å². The standard InChI is InChI=1S/C36H36Cl2O8/c1-3-35(45-33(39)23-25-37,41-29-11-7-5-8-12-29)43-31-19-15-27(16-20-31)28-17-21-32(22-18-28)44-36(4-2,46-34(40)24-26-38)42-30-13-9-6-10-14-30/h5-22H,3-4,23-26H2,1-2H3. The summed E-state index contributed by atoms with van der Waals surface area (Å²) in [6.07, 6.45) is 0.454. The van der Waals surface area contributed by atoms with E-state index in [1.807, 2.05) is 60.7 Å². The van der Waals surface area contributed by atoms with Gasteiger partial charge in [0.05, 0.1) is 25.7 Å². The zero-order valence-electron chi connectivity index (χ0n) is 25.7. The Labute approximate surface area is 279 Å². The monoisotopic (exact) mass is 666 g/mol. The highest BCUT2D eigenvalue weighted by Crippen LogP contribution is 2.32. The molecule has 0 aliphatic carbocycles. The zero-order chi connectivity index (χ0) is 32.8. The number of alkyl halides is 2. The van der Waals surface area contributed by atoms with Gasteiger partial charge in [-0.3, -0.25) is 9.59 Å². The molecule has 4 aromatic rings. The van der Waals surface area contributed by atoms with Gasteiger partial charge in [-0.25, -0.2) is 0 Å². The Hall–Kier alpha value is -4.40. The lowest BCUT2D eigenvalue weighted by atomic mass is 10.1. The Morgan fingerprint density at radius 3 is 1.09 bits per heavy atom. The van der Waals surface area contributed by atoms with Gasteiger partial charge in [-0.2, -0.15) is 0 Å². The molecule has 0 amide bonds. The fourth-order valence-electron chi connectivity index (χ4n) is 4.29. The molecule has 0 N–H and O–H groups in total. The molecular formula is C36H36Cl2O8. The van der Waals surface area contributed by atoms with Gasteiger partial charge in [0.25, 0.3) is 0 Å². The minimum Gasteiger partial charge on any atom is -0.421 e. The van der Waals surface area contributed by atoms with Crippen LogP contribution in [0.2, 0.25) is 0 Å². The highest BCUT2D eigenvalue weighted by atomic mass is 35.5. The van der Waals surface area contributed by atoms with Crippen LogP contribution in [-0.4, -0.2) is 35.6 Å². The molecule has 0 radical (unpaired) electrons. The van der Waals surface area contributed by atoms with Crippen molar-refractivity contribution in [1.29, 1.82) is 0 Å². The minimum atomic E-state index is -1.69. The highest BCUT2D eigenvalue weighted by Gasteiger charge is 2.39. The topological polar surface area (TPSA) is 89.5 Å². The quantitative estimate of drug-likeness (QED) is 0.0628. The van der Waals surface area contributed by atoms with Gasteiger partial charge in [0.2, 0.25) is 0 Å². The number of halogens is 2. The number of esters is 2. The van der Waals surface area contributed by atoms with E-state index in [2.05, 4.69) is 0 Å². The molecule has 0 spiro atoms. The van der Waals surface area contributed by atoms with Crippen LogP contribution in [0.5, 0.6) is 23.0 Å². The van der Waals surface area contributed by atoms with E-state index >= 15 is 0 Å². The maximum atomic E-state index is 12.4. The minimum absolute atomic E-state index is 0.0110. The molecule has 242 valence electrons. The molecule has 10 heteroatoms. The van der Waals surface area contributed by atoms with Gasteiger partial charge >= 0.3 is 23.9 Å². The van der Waals surface area contributed by atoms with Gasteiger partial charge in [-0.1, -0.05) is 74.5 Å². The molecule has 2 unspecified atom stereocenters. The lowest BCUT2D eigenvalue weighted by Crippen LogP contribution is -2.46. The summed E-state index contributed by atoms with van der Waals surface area (Å²) in [4.78, 5) is 24.9. The van der Waals surface area contributed by atoms with Crippen LogP contribution in [0.25, 0.3) is 11.1 Å². The van der Waals surface area contributed by atoms with Crippen LogP contribution in [0.3, 0.4) is 0 Å². The first kappa shape index (κ1) is 34.5. The van der Waals surface area contributed by atoms with Gasteiger partial charge < -0.3 is 28.4 Å². The number of carbonyl (C=O) groups excluding carboxylic acids is 2. The maximum absolute atomic E-state index is 12.4. The van der Waals surface area contributed by atoms with Gasteiger partial charge in [0.1, 0.15) is 23.0 Å². The fraction of sp³-hybridized carbons (Fsp3) is 0.278. The first-order valence-corrected chi connectivity index (χ1v) is 16.0. The number of para-hydroxylation sites is 2. The summed E-state index contributed by atoms with van der Waals surface area (Å²) < 4.78 is 35.7. The molecule has 4 rings (SSSR count). The van der Waals surface area contributed by atoms with E-state index in [0.29, 0.717) is 23.0 Å². The largest absolute Gasteiger partial charge is 0.421 e. The second-order valence-electron chi connectivity index (χ2n) is 9.98. The average Bonchev–Trinajstić information content (AvgIpc) is 3.06. The zero-order valence-corrected chi connectivity index (χ0v) is 27.2. The molecule has 2 atom stereocenters. The summed E-state index contributed by atoms with van der Waals surface area (Å²) in [6, 6.07) is 32.5. The van der Waals surface area contributed by atoms with Crippen LogP contribution < -0.4 is 18.9 Å². The van der Waals surface area contributed by atoms with Crippen molar-refractivity contribution < 1.29 is 38.0 Å². The number of hydrogen-bond acceptors (Lipinski definition) is 8. The summed E-state index contributed by atoms with van der Waals surface area (Å²) in [5, 5.41) is 0. The second kappa shape index (κ2) is 16.8. The Morgan fingerprint density at radius 2 is 0.804 bits per heavy atom. The third-order valence-electron chi connectivity index (χ3n) is 6.62. The summed E-state index contributed by atoms with van der Waals surface area (Å²) in [5.74, 6) is -2.40. The van der Waals surface area contributed by atoms with Crippen LogP contribution in [0, 0.1) is 0 Å². The van der Waals surface area contributed by atoms with Crippen molar-refractivity contribution in [2.24, 2.45) is 0 Å². The lowest BCUT2D eigenvalue weighted by Gasteiger charge is -2.32. The van der Waals surface area contributed by atoms with Gasteiger partial charge in [-0.05, 0) is 59.7 Å². The predicted molar refractivity (Wildman–Crippen MR) is 176 cm³/mol. The van der Waals surface area contributed by atoms with Gasteiger partial charge in [0.15, 0.2) is 0 Å². The Balaban J connectivity index is 1.51. The van der Waals surface area contributed by atoms with Gasteiger partial charge in [0, 0.05) is 11.8 Å². The molecule has 4 aromatic carbocycles. The third kappa shape index (κ3) is 9.80. The van der Waals surface area contributed by atoms with Crippen molar-refractivity contribution in [2.45, 2.75) is 51.5 Å². The fourth-order valence-corrected chi connectivity index (χ4v) is 4.60. The average molecular weight is 668 g/mol. The van der Waals surface area contributed by atoms with Gasteiger partial charge in [-0.15, -0.1) is 23.2 Å². The number of benzene rings is 4. The Bertz CT molecular complexity index is 1400. The number of hydrogen-bond donors (Lipinski definition) is 0. The molecule has 8 nitrogen and oxygen atoms in total. The molecular weight excluding hydrogens is 631 g/mol. The molecule has 0 saturated heterocycles. The van der Waals surface area contributed by atoms with Crippen molar-refractivity contribution in [3.05, 3.63) is 109 Å². The molecule has 0 aliphatic heterocycles. The molecule has 0 saturated carbocycles. The van der Waals surface area contributed by atoms with Crippen LogP contribution >= 0.6 is 23.2 Å². The number of carbonyl (C=O) groups is 2. The molecule has 0 aliphatic rings. The Kier molecular flexibility index (Phi) is 12.6. The molecule has 46 heavy (non-hydrogen) atoms. The van der Waals surface area contributed by atoms with Crippen LogP contribution in [0.1, 0.15) is 39.5 Å². The van der Waals surface area contributed by atoms with Crippen molar-refractivity contribution in [2.75, 3.05) is 11.8 Å². The maximum Gasteiger partial charge on any atom is 0.418 e. The van der Waals surface area contributed by atoms with Crippen LogP contribution in [0.15, 0.2) is 109 Å². The first-order chi connectivity index (χ1) is 22.3. The second-order valence-corrected chi connectivity index (χ2v) is 10.7. The van der Waals surface area contributed by atoms with Crippen molar-refractivity contribution in [1.82, 2.24) is 0 Å². The van der Waals surface area contributed by atoms with E-state index in [9.17, 15) is 9.59 Å². The normalized spacial score (nSPS) is 13.4. The highest BCUT2D eigenvalue weighted by molar-refractivity contribution is 6.19. The molecule has 0 bridgehead atoms. The van der Waals surface area contributed by atoms with E-state index < -0.39 is 23.9 Å². The number of rotatable bonds is 17. The SMILES string of the molecule is CCC(OC(=O)CCCl)(Oc1ccccc1)Oc1ccc(-c2ccc(OC(CC)(OC(=O)CCCl)Oc3ccccc3)cc2)cc1. The lowest BCUT2D eigenvalue weighted by molar-refractivity contribution is -0.287. The van der Waals surface area contributed by atoms with Crippen molar-refractivity contribution >= 4 is 35.1 Å². The third-order valence-corrected chi connectivity index (χ3v) is 7.00. The van der Waals surface area contributed by atoms with Crippen LogP contribution in [0.4, 0.5) is 0 Å². The van der Waals surface area contributed by atoms with E-state index in [0.717, 1.165) is 11.1 Å². The summed E-state index contributed by atoms with van der Waals surface area (Å²) >= 11 is 11.5. The summed E-state index contributed by atoms with van der Waals surface area (Å²) in [6.45, 7) is 3.60. The van der Waals surface area contributed by atoms with Crippen LogP contribution in [-0.2, 0) is 19.1 Å². The van der Waals surface area contributed by atoms with Crippen molar-refractivity contribution in [3.63, 3.8) is 0 Å². The summed E-state index contributed by atoms with van der Waals surface area (Å²) in [7, 11) is 0.